The Morgan fingerprint density at radius 1 is 0.812 bits per heavy atom. The molecule has 0 aromatic rings. The Kier molecular flexibility index (Phi) is 15.2. The molecule has 0 atom stereocenters. The average Bonchev–Trinajstić information content (AvgIpc) is 1.41. The maximum Gasteiger partial charge on any atom is 1.00 e. The minimum absolute atomic E-state index is 0. The quantitative estimate of drug-likeness (QED) is 0.243. The van der Waals surface area contributed by atoms with E-state index in [9.17, 15) is 25.7 Å². The van der Waals surface area contributed by atoms with E-state index in [1.807, 2.05) is 0 Å². The van der Waals surface area contributed by atoms with Gasteiger partial charge in [0.05, 0.1) is 0 Å². The van der Waals surface area contributed by atoms with Gasteiger partial charge in [-0.05, 0) is 0 Å². The van der Waals surface area contributed by atoms with E-state index < -0.39 is 23.1 Å². The van der Waals surface area contributed by atoms with Crippen molar-refractivity contribution >= 4 is 23.1 Å². The SMILES string of the molecule is F[B-](F)(F)F.O=P(O)(F)F.O=P(O)(O)O.[Li+]. The second-order valence-electron chi connectivity index (χ2n) is 1.44. The number of hydrogen-bond acceptors (Lipinski definition) is 2. The molecule has 16 heteroatoms. The zero-order chi connectivity index (χ0) is 13.5. The summed E-state index contributed by atoms with van der Waals surface area (Å²) >= 11 is 0. The molecule has 0 heterocycles. The topological polar surface area (TPSA) is 115 Å². The number of hydrogen-bond donors (Lipinski definition) is 4. The molecule has 0 aliphatic carbocycles. The van der Waals surface area contributed by atoms with Gasteiger partial charge in [-0.1, -0.05) is 0 Å². The molecule has 0 fully saturated rings. The third kappa shape index (κ3) is 9070. The Morgan fingerprint density at radius 2 is 0.812 bits per heavy atom. The molecular formula is H4BF6LiO6P2. The summed E-state index contributed by atoms with van der Waals surface area (Å²) in [5, 5.41) is 0. The molecule has 4 N–H and O–H groups in total. The molecule has 0 amide bonds. The van der Waals surface area contributed by atoms with Crippen LogP contribution in [-0.2, 0) is 9.13 Å². The van der Waals surface area contributed by atoms with Crippen molar-refractivity contribution in [2.24, 2.45) is 0 Å². The third-order valence-corrected chi connectivity index (χ3v) is 0. The largest absolute Gasteiger partial charge is 1.00 e. The van der Waals surface area contributed by atoms with Crippen LogP contribution in [0.15, 0.2) is 0 Å². The van der Waals surface area contributed by atoms with Crippen LogP contribution in [0.1, 0.15) is 0 Å². The molecule has 6 nitrogen and oxygen atoms in total. The molecule has 0 aliphatic rings. The van der Waals surface area contributed by atoms with E-state index in [4.69, 9.17) is 28.7 Å². The number of halogens is 6. The van der Waals surface area contributed by atoms with Crippen molar-refractivity contribution in [2.45, 2.75) is 0 Å². The molecule has 0 bridgehead atoms. The summed E-state index contributed by atoms with van der Waals surface area (Å²) in [4.78, 5) is 28.3. The van der Waals surface area contributed by atoms with Crippen LogP contribution in [0.4, 0.5) is 25.7 Å². The maximum absolute atomic E-state index is 10.1. The van der Waals surface area contributed by atoms with Crippen molar-refractivity contribution in [1.82, 2.24) is 0 Å². The van der Waals surface area contributed by atoms with Gasteiger partial charge in [0, 0.05) is 0 Å². The molecule has 0 aliphatic heterocycles. The fraction of sp³-hybridized carbons (Fsp3) is 0. The molecule has 16 heavy (non-hydrogen) atoms. The first-order chi connectivity index (χ1) is 6.00. The minimum atomic E-state index is -6.00. The smallest absolute Gasteiger partial charge is 0.418 e. The Morgan fingerprint density at radius 3 is 0.812 bits per heavy atom. The first kappa shape index (κ1) is 25.4. The van der Waals surface area contributed by atoms with Crippen LogP contribution in [0.25, 0.3) is 0 Å². The van der Waals surface area contributed by atoms with Crippen LogP contribution < -0.4 is 18.9 Å². The standard InChI is InChI=1S/BF4.F2HO2P.Li.H3O4P/c2-1(3,4)5;1-5(2,3)4;;1-5(2,3)4/h;(H,3,4);;(H3,1,2,3,4)/q-1;;+1;. The molecule has 0 saturated carbocycles. The molecule has 0 saturated heterocycles. The Labute approximate surface area is 96.9 Å². The number of rotatable bonds is 0. The summed E-state index contributed by atoms with van der Waals surface area (Å²) < 4.78 is 76.6. The summed E-state index contributed by atoms with van der Waals surface area (Å²) in [6, 6.07) is 0. The van der Waals surface area contributed by atoms with E-state index in [0.29, 0.717) is 0 Å². The van der Waals surface area contributed by atoms with Crippen LogP contribution in [0.5, 0.6) is 0 Å². The van der Waals surface area contributed by atoms with Crippen molar-refractivity contribution in [2.75, 3.05) is 0 Å². The van der Waals surface area contributed by atoms with E-state index >= 15 is 0 Å². The molecule has 0 spiro atoms. The van der Waals surface area contributed by atoms with Gasteiger partial charge >= 0.3 is 41.9 Å². The van der Waals surface area contributed by atoms with Gasteiger partial charge in [-0.25, -0.2) is 9.13 Å². The van der Waals surface area contributed by atoms with Crippen LogP contribution in [0.2, 0.25) is 0 Å². The van der Waals surface area contributed by atoms with Crippen molar-refractivity contribution in [3.63, 3.8) is 0 Å². The van der Waals surface area contributed by atoms with Crippen LogP contribution in [0, 0.1) is 0 Å². The predicted molar refractivity (Wildman–Crippen MR) is 36.5 cm³/mol. The van der Waals surface area contributed by atoms with Gasteiger partial charge in [-0.3, -0.25) is 4.89 Å². The van der Waals surface area contributed by atoms with E-state index in [0.717, 1.165) is 0 Å². The van der Waals surface area contributed by atoms with E-state index in [2.05, 4.69) is 0 Å². The van der Waals surface area contributed by atoms with Crippen LogP contribution >= 0.6 is 15.8 Å². The van der Waals surface area contributed by atoms with Gasteiger partial charge in [-0.15, -0.1) is 8.39 Å². The Bertz CT molecular complexity index is 199. The van der Waals surface area contributed by atoms with Gasteiger partial charge in [-0.2, -0.15) is 0 Å². The summed E-state index contributed by atoms with van der Waals surface area (Å²) in [6.45, 7) is 0. The summed E-state index contributed by atoms with van der Waals surface area (Å²) in [5.41, 5.74) is 0. The maximum atomic E-state index is 10.1. The van der Waals surface area contributed by atoms with E-state index in [1.54, 1.807) is 0 Å². The minimum Gasteiger partial charge on any atom is -0.418 e. The molecule has 96 valence electrons. The van der Waals surface area contributed by atoms with Crippen molar-refractivity contribution in [3.8, 4) is 0 Å². The van der Waals surface area contributed by atoms with Gasteiger partial charge in [0.15, 0.2) is 0 Å². The van der Waals surface area contributed by atoms with Gasteiger partial charge in [0.25, 0.3) is 0 Å². The second-order valence-corrected chi connectivity index (χ2v) is 3.34. The molecular weight excluding hydrogens is 290 g/mol. The van der Waals surface area contributed by atoms with Crippen LogP contribution in [0.3, 0.4) is 0 Å². The van der Waals surface area contributed by atoms with Crippen LogP contribution in [-0.4, -0.2) is 26.8 Å². The Balaban J connectivity index is -0.0000000655. The molecule has 0 unspecified atom stereocenters. The zero-order valence-electron chi connectivity index (χ0n) is 7.34. The average molecular weight is 294 g/mol. The van der Waals surface area contributed by atoms with Crippen molar-refractivity contribution < 1.29 is 73.2 Å². The van der Waals surface area contributed by atoms with Gasteiger partial charge < -0.3 is 31.9 Å². The summed E-state index contributed by atoms with van der Waals surface area (Å²) in [5.74, 6) is 0. The third-order valence-electron chi connectivity index (χ3n) is 0. The Hall–Kier alpha value is 0.542. The van der Waals surface area contributed by atoms with Gasteiger partial charge in [0.1, 0.15) is 0 Å². The van der Waals surface area contributed by atoms with Crippen molar-refractivity contribution in [1.29, 1.82) is 0 Å². The zero-order valence-corrected chi connectivity index (χ0v) is 9.13. The molecule has 0 aromatic heterocycles. The monoisotopic (exact) mass is 294 g/mol. The fourth-order valence-electron chi connectivity index (χ4n) is 0. The number of phosphoric acid groups is 1. The normalized spacial score (nSPS) is 11.1. The molecule has 0 rings (SSSR count). The summed E-state index contributed by atoms with van der Waals surface area (Å²) in [6.07, 6.45) is 0. The molecule has 0 aromatic carbocycles. The molecule has 0 radical (unpaired) electrons. The summed E-state index contributed by atoms with van der Waals surface area (Å²) in [7, 11) is -16.3. The van der Waals surface area contributed by atoms with E-state index in [-0.39, 0.29) is 18.9 Å². The second kappa shape index (κ2) is 9.56. The van der Waals surface area contributed by atoms with E-state index in [1.165, 1.54) is 0 Å². The van der Waals surface area contributed by atoms with Gasteiger partial charge in [0.2, 0.25) is 0 Å². The predicted octanol–water partition coefficient (Wildman–Crippen LogP) is -1.60. The first-order valence-corrected chi connectivity index (χ1v) is 5.38. The fourth-order valence-corrected chi connectivity index (χ4v) is 0. The first-order valence-electron chi connectivity index (χ1n) is 2.38. The van der Waals surface area contributed by atoms with Crippen molar-refractivity contribution in [3.05, 3.63) is 0 Å².